The van der Waals surface area contributed by atoms with Crippen LogP contribution in [0.1, 0.15) is 18.4 Å². The summed E-state index contributed by atoms with van der Waals surface area (Å²) in [6, 6.07) is 9.51. The smallest absolute Gasteiger partial charge is 0.468 e. The minimum absolute atomic E-state index is 0.112. The van der Waals surface area contributed by atoms with Crippen LogP contribution in [0, 0.1) is 0 Å². The van der Waals surface area contributed by atoms with Crippen molar-refractivity contribution < 1.29 is 28.6 Å². The largest absolute Gasteiger partial charge is 0.510 e. The van der Waals surface area contributed by atoms with E-state index in [4.69, 9.17) is 9.47 Å². The van der Waals surface area contributed by atoms with Gasteiger partial charge < -0.3 is 14.2 Å². The molecule has 0 N–H and O–H groups in total. The number of hydrogen-bond donors (Lipinski definition) is 0. The molecule has 0 aliphatic carbocycles. The number of β-lactam (4-membered cyclic amide) rings is 1. The molecule has 130 valence electrons. The van der Waals surface area contributed by atoms with Gasteiger partial charge in [-0.2, -0.15) is 0 Å². The van der Waals surface area contributed by atoms with Gasteiger partial charge in [0.15, 0.2) is 12.0 Å². The van der Waals surface area contributed by atoms with Crippen molar-refractivity contribution in [2.75, 3.05) is 7.11 Å². The van der Waals surface area contributed by atoms with E-state index in [0.29, 0.717) is 6.29 Å². The van der Waals surface area contributed by atoms with E-state index in [1.54, 1.807) is 6.08 Å². The van der Waals surface area contributed by atoms with Crippen LogP contribution in [0.3, 0.4) is 0 Å². The third-order valence-electron chi connectivity index (χ3n) is 4.09. The molecule has 2 aliphatic rings. The Balaban J connectivity index is 1.93. The molecule has 2 atom stereocenters. The van der Waals surface area contributed by atoms with E-state index in [0.717, 1.165) is 11.6 Å². The van der Waals surface area contributed by atoms with Crippen molar-refractivity contribution in [3.63, 3.8) is 0 Å². The van der Waals surface area contributed by atoms with Gasteiger partial charge in [0, 0.05) is 12.5 Å². The van der Waals surface area contributed by atoms with Crippen molar-refractivity contribution in [1.82, 2.24) is 4.90 Å². The highest BCUT2D eigenvalue weighted by Crippen LogP contribution is 2.47. The van der Waals surface area contributed by atoms with Crippen LogP contribution in [0.25, 0.3) is 6.08 Å². The summed E-state index contributed by atoms with van der Waals surface area (Å²) in [7, 11) is 1.17. The predicted octanol–water partition coefficient (Wildman–Crippen LogP) is 2.24. The monoisotopic (exact) mass is 343 g/mol. The average Bonchev–Trinajstić information content (AvgIpc) is 2.83. The number of hydrogen-bond acceptors (Lipinski definition) is 6. The Labute approximate surface area is 144 Å². The Morgan fingerprint density at radius 3 is 2.80 bits per heavy atom. The summed E-state index contributed by atoms with van der Waals surface area (Å²) in [4.78, 5) is 36.1. The molecule has 0 aromatic heterocycles. The van der Waals surface area contributed by atoms with Crippen molar-refractivity contribution in [3.8, 4) is 0 Å². The average molecular weight is 343 g/mol. The van der Waals surface area contributed by atoms with Gasteiger partial charge in [-0.3, -0.25) is 14.5 Å². The number of methoxy groups -OCH3 is 1. The molecule has 1 aromatic rings. The molecule has 7 heteroatoms. The number of carbonyl (C=O) groups excluding carboxylic acids is 3. The van der Waals surface area contributed by atoms with E-state index in [9.17, 15) is 14.4 Å². The first-order valence-electron chi connectivity index (χ1n) is 7.74. The first-order chi connectivity index (χ1) is 12.1. The van der Waals surface area contributed by atoms with Gasteiger partial charge in [0.1, 0.15) is 6.29 Å². The summed E-state index contributed by atoms with van der Waals surface area (Å²) in [5.41, 5.74) is -0.568. The molecule has 0 spiro atoms. The minimum atomic E-state index is -1.51. The van der Waals surface area contributed by atoms with Crippen molar-refractivity contribution in [1.29, 1.82) is 0 Å². The molecule has 2 saturated heterocycles. The summed E-state index contributed by atoms with van der Waals surface area (Å²) in [6.45, 7) is 0. The number of benzene rings is 1. The van der Waals surface area contributed by atoms with Crippen LogP contribution in [0.15, 0.2) is 48.2 Å². The zero-order valence-corrected chi connectivity index (χ0v) is 13.6. The van der Waals surface area contributed by atoms with Crippen molar-refractivity contribution in [2.24, 2.45) is 0 Å². The third-order valence-corrected chi connectivity index (χ3v) is 4.09. The van der Waals surface area contributed by atoms with Gasteiger partial charge in [0.2, 0.25) is 5.91 Å². The SMILES string of the molecule is COC(=O)OC1(CC=Cc2ccccc2)C(=CC=O)O[C@@H]2CC(=O)N21. The molecule has 1 amide bonds. The van der Waals surface area contributed by atoms with Gasteiger partial charge in [-0.25, -0.2) is 4.79 Å². The molecular formula is C18H17NO6. The number of fused-ring (bicyclic) bond motifs is 1. The van der Waals surface area contributed by atoms with E-state index in [1.807, 2.05) is 36.4 Å². The summed E-state index contributed by atoms with van der Waals surface area (Å²) in [5.74, 6) is -0.113. The molecule has 1 unspecified atom stereocenters. The van der Waals surface area contributed by atoms with Gasteiger partial charge in [0.25, 0.3) is 5.72 Å². The van der Waals surface area contributed by atoms with E-state index >= 15 is 0 Å². The number of amides is 1. The summed E-state index contributed by atoms with van der Waals surface area (Å²) >= 11 is 0. The molecule has 2 aliphatic heterocycles. The van der Waals surface area contributed by atoms with Crippen LogP contribution in [0.2, 0.25) is 0 Å². The first-order valence-corrected chi connectivity index (χ1v) is 7.74. The number of allylic oxidation sites excluding steroid dienone is 1. The zero-order chi connectivity index (χ0) is 17.9. The highest BCUT2D eigenvalue weighted by atomic mass is 16.7. The Hall–Kier alpha value is -3.09. The van der Waals surface area contributed by atoms with Crippen LogP contribution in [0.5, 0.6) is 0 Å². The maximum absolute atomic E-state index is 12.1. The zero-order valence-electron chi connectivity index (χ0n) is 13.6. The van der Waals surface area contributed by atoms with Crippen molar-refractivity contribution in [3.05, 3.63) is 53.8 Å². The highest BCUT2D eigenvalue weighted by molar-refractivity contribution is 5.85. The molecule has 7 nitrogen and oxygen atoms in total. The predicted molar refractivity (Wildman–Crippen MR) is 86.8 cm³/mol. The molecule has 0 radical (unpaired) electrons. The highest BCUT2D eigenvalue weighted by Gasteiger charge is 2.62. The van der Waals surface area contributed by atoms with Gasteiger partial charge in [-0.1, -0.05) is 42.5 Å². The van der Waals surface area contributed by atoms with Crippen LogP contribution in [0.4, 0.5) is 4.79 Å². The Kier molecular flexibility index (Phi) is 4.56. The molecule has 25 heavy (non-hydrogen) atoms. The number of ether oxygens (including phenoxy) is 3. The Morgan fingerprint density at radius 1 is 1.40 bits per heavy atom. The first kappa shape index (κ1) is 16.8. The molecule has 2 fully saturated rings. The Morgan fingerprint density at radius 2 is 2.16 bits per heavy atom. The second kappa shape index (κ2) is 6.80. The second-order valence-corrected chi connectivity index (χ2v) is 5.57. The number of nitrogens with zero attached hydrogens (tertiary/aromatic N) is 1. The second-order valence-electron chi connectivity index (χ2n) is 5.57. The van der Waals surface area contributed by atoms with Gasteiger partial charge >= 0.3 is 6.16 Å². The van der Waals surface area contributed by atoms with Crippen LogP contribution < -0.4 is 0 Å². The Bertz CT molecular complexity index is 741. The normalized spacial score (nSPS) is 26.1. The van der Waals surface area contributed by atoms with Crippen LogP contribution >= 0.6 is 0 Å². The lowest BCUT2D eigenvalue weighted by atomic mass is 10.00. The molecular weight excluding hydrogens is 326 g/mol. The molecule has 1 aromatic carbocycles. The van der Waals surface area contributed by atoms with E-state index < -0.39 is 18.1 Å². The van der Waals surface area contributed by atoms with E-state index in [2.05, 4.69) is 4.74 Å². The lowest BCUT2D eigenvalue weighted by Gasteiger charge is -2.41. The van der Waals surface area contributed by atoms with E-state index in [1.165, 1.54) is 12.0 Å². The van der Waals surface area contributed by atoms with Gasteiger partial charge in [-0.05, 0) is 5.56 Å². The molecule has 0 bridgehead atoms. The lowest BCUT2D eigenvalue weighted by molar-refractivity contribution is -0.179. The minimum Gasteiger partial charge on any atom is -0.468 e. The number of rotatable bonds is 5. The fraction of sp³-hybridized carbons (Fsp3) is 0.278. The number of aldehydes is 1. The summed E-state index contributed by atoms with van der Waals surface area (Å²) in [5, 5.41) is 0. The quantitative estimate of drug-likeness (QED) is 0.353. The fourth-order valence-electron chi connectivity index (χ4n) is 2.94. The summed E-state index contributed by atoms with van der Waals surface area (Å²) in [6.07, 6.45) is 4.06. The lowest BCUT2D eigenvalue weighted by Crippen LogP contribution is -2.60. The van der Waals surface area contributed by atoms with Crippen LogP contribution in [-0.4, -0.2) is 42.3 Å². The molecule has 2 heterocycles. The number of carbonyl (C=O) groups is 3. The maximum Gasteiger partial charge on any atom is 0.510 e. The fourth-order valence-corrected chi connectivity index (χ4v) is 2.94. The standard InChI is InChI=1S/C18H17NO6/c1-23-17(22)25-18(10-5-8-13-6-3-2-4-7-13)14(9-11-20)24-16-12-15(21)19(16)18/h2-9,11,16H,10,12H2,1H3/t16-,18?/m1/s1. The van der Waals surface area contributed by atoms with Gasteiger partial charge in [0.05, 0.1) is 13.5 Å². The maximum atomic E-state index is 12.1. The summed E-state index contributed by atoms with van der Waals surface area (Å²) < 4.78 is 15.6. The van der Waals surface area contributed by atoms with Crippen molar-refractivity contribution in [2.45, 2.75) is 24.8 Å². The van der Waals surface area contributed by atoms with Crippen LogP contribution in [-0.2, 0) is 23.8 Å². The van der Waals surface area contributed by atoms with E-state index in [-0.39, 0.29) is 24.5 Å². The molecule has 3 rings (SSSR count). The molecule has 0 saturated carbocycles. The topological polar surface area (TPSA) is 82.1 Å². The van der Waals surface area contributed by atoms with Gasteiger partial charge in [-0.15, -0.1) is 0 Å². The third kappa shape index (κ3) is 3.00. The van der Waals surface area contributed by atoms with Crippen molar-refractivity contribution >= 4 is 24.4 Å².